The minimum atomic E-state index is -0.120. The van der Waals surface area contributed by atoms with Gasteiger partial charge in [0.2, 0.25) is 5.91 Å². The number of carbonyl (C=O) groups excluding carboxylic acids is 2. The minimum Gasteiger partial charge on any atom is -0.355 e. The van der Waals surface area contributed by atoms with E-state index in [1.54, 1.807) is 0 Å². The Morgan fingerprint density at radius 1 is 1.13 bits per heavy atom. The topological polar surface area (TPSA) is 65.5 Å². The lowest BCUT2D eigenvalue weighted by molar-refractivity contribution is -0.120. The molecular weight excluding hydrogens is 388 g/mol. The highest BCUT2D eigenvalue weighted by molar-refractivity contribution is 5.94. The number of piperazine rings is 1. The third-order valence-electron chi connectivity index (χ3n) is 6.57. The minimum absolute atomic E-state index is 0.0509. The highest BCUT2D eigenvalue weighted by Crippen LogP contribution is 2.29. The third-order valence-corrected chi connectivity index (χ3v) is 6.57. The average molecular weight is 421 g/mol. The average Bonchev–Trinajstić information content (AvgIpc) is 3.11. The Morgan fingerprint density at radius 2 is 1.81 bits per heavy atom. The number of nitrogens with one attached hydrogen (secondary N) is 1. The SMILES string of the molecule is Cc1cc(C(C)C)cnc1N1CCN(C(=O)c2ccc([C@@H]3C(=O)NCC3C)cc2)CC1. The Bertz CT molecular complexity index is 962. The molecule has 4 rings (SSSR count). The molecule has 164 valence electrons. The van der Waals surface area contributed by atoms with Gasteiger partial charge in [0.05, 0.1) is 5.92 Å². The van der Waals surface area contributed by atoms with Crippen molar-refractivity contribution in [3.05, 3.63) is 58.8 Å². The zero-order chi connectivity index (χ0) is 22.1. The van der Waals surface area contributed by atoms with Gasteiger partial charge in [0.25, 0.3) is 5.91 Å². The van der Waals surface area contributed by atoms with E-state index in [9.17, 15) is 9.59 Å². The zero-order valence-electron chi connectivity index (χ0n) is 18.9. The molecule has 0 aliphatic carbocycles. The van der Waals surface area contributed by atoms with E-state index in [-0.39, 0.29) is 23.7 Å². The van der Waals surface area contributed by atoms with Crippen LogP contribution in [0.15, 0.2) is 36.5 Å². The van der Waals surface area contributed by atoms with Crippen LogP contribution in [0, 0.1) is 12.8 Å². The predicted octanol–water partition coefficient (Wildman–Crippen LogP) is 3.33. The van der Waals surface area contributed by atoms with Gasteiger partial charge >= 0.3 is 0 Å². The highest BCUT2D eigenvalue weighted by Gasteiger charge is 2.33. The molecule has 2 fully saturated rings. The summed E-state index contributed by atoms with van der Waals surface area (Å²) in [6, 6.07) is 9.80. The molecule has 2 aliphatic heterocycles. The smallest absolute Gasteiger partial charge is 0.253 e. The van der Waals surface area contributed by atoms with E-state index in [2.05, 4.69) is 44.0 Å². The number of benzene rings is 1. The summed E-state index contributed by atoms with van der Waals surface area (Å²) in [5, 5.41) is 2.91. The van der Waals surface area contributed by atoms with E-state index in [1.165, 1.54) is 11.1 Å². The first-order valence-corrected chi connectivity index (χ1v) is 11.2. The van der Waals surface area contributed by atoms with Crippen molar-refractivity contribution in [3.63, 3.8) is 0 Å². The number of hydrogen-bond donors (Lipinski definition) is 1. The lowest BCUT2D eigenvalue weighted by Crippen LogP contribution is -2.49. The second-order valence-electron chi connectivity index (χ2n) is 9.17. The third kappa shape index (κ3) is 4.29. The fourth-order valence-electron chi connectivity index (χ4n) is 4.60. The maximum atomic E-state index is 13.0. The van der Waals surface area contributed by atoms with Crippen LogP contribution in [0.4, 0.5) is 5.82 Å². The maximum absolute atomic E-state index is 13.0. The second kappa shape index (κ2) is 8.69. The Balaban J connectivity index is 1.39. The quantitative estimate of drug-likeness (QED) is 0.824. The predicted molar refractivity (Wildman–Crippen MR) is 123 cm³/mol. The van der Waals surface area contributed by atoms with Gasteiger partial charge in [-0.15, -0.1) is 0 Å². The number of rotatable bonds is 4. The molecule has 1 N–H and O–H groups in total. The normalized spacial score (nSPS) is 21.5. The number of carbonyl (C=O) groups is 2. The number of anilines is 1. The van der Waals surface area contributed by atoms with Crippen LogP contribution in [0.1, 0.15) is 59.7 Å². The van der Waals surface area contributed by atoms with Crippen LogP contribution in [-0.4, -0.2) is 54.4 Å². The number of amides is 2. The Labute approximate surface area is 184 Å². The molecule has 31 heavy (non-hydrogen) atoms. The Kier molecular flexibility index (Phi) is 5.99. The summed E-state index contributed by atoms with van der Waals surface area (Å²) in [4.78, 5) is 34.0. The molecule has 2 saturated heterocycles. The molecule has 0 radical (unpaired) electrons. The number of pyridine rings is 1. The summed E-state index contributed by atoms with van der Waals surface area (Å²) in [6.07, 6.45) is 1.97. The van der Waals surface area contributed by atoms with Crippen molar-refractivity contribution in [2.45, 2.75) is 39.5 Å². The monoisotopic (exact) mass is 420 g/mol. The second-order valence-corrected chi connectivity index (χ2v) is 9.17. The molecule has 2 amide bonds. The van der Waals surface area contributed by atoms with Gasteiger partial charge in [0, 0.05) is 44.5 Å². The summed E-state index contributed by atoms with van der Waals surface area (Å²) in [7, 11) is 0. The van der Waals surface area contributed by atoms with Crippen LogP contribution in [0.2, 0.25) is 0 Å². The van der Waals surface area contributed by atoms with Gasteiger partial charge in [-0.2, -0.15) is 0 Å². The molecule has 0 bridgehead atoms. The molecule has 2 atom stereocenters. The lowest BCUT2D eigenvalue weighted by Gasteiger charge is -2.36. The van der Waals surface area contributed by atoms with Gasteiger partial charge in [0.1, 0.15) is 5.82 Å². The molecule has 2 aromatic rings. The summed E-state index contributed by atoms with van der Waals surface area (Å²) in [5.41, 5.74) is 4.10. The standard InChI is InChI=1S/C25H32N4O2/c1-16(2)21-13-17(3)23(26-15-21)28-9-11-29(12-10-28)25(31)20-7-5-19(6-8-20)22-18(4)14-27-24(22)30/h5-8,13,15-16,18,22H,9-12,14H2,1-4H3,(H,27,30)/t18?,22-/m1/s1. The Morgan fingerprint density at radius 3 is 2.35 bits per heavy atom. The van der Waals surface area contributed by atoms with Crippen molar-refractivity contribution >= 4 is 17.6 Å². The van der Waals surface area contributed by atoms with Crippen molar-refractivity contribution in [1.82, 2.24) is 15.2 Å². The van der Waals surface area contributed by atoms with Gasteiger partial charge in [-0.1, -0.05) is 39.0 Å². The maximum Gasteiger partial charge on any atom is 0.253 e. The van der Waals surface area contributed by atoms with E-state index in [4.69, 9.17) is 4.98 Å². The lowest BCUT2D eigenvalue weighted by atomic mass is 9.89. The summed E-state index contributed by atoms with van der Waals surface area (Å²) in [6.45, 7) is 12.2. The van der Waals surface area contributed by atoms with E-state index in [0.717, 1.165) is 24.5 Å². The van der Waals surface area contributed by atoms with Gasteiger partial charge in [-0.3, -0.25) is 9.59 Å². The van der Waals surface area contributed by atoms with E-state index in [1.807, 2.05) is 35.4 Å². The molecular formula is C25H32N4O2. The summed E-state index contributed by atoms with van der Waals surface area (Å²) in [5.74, 6) is 1.76. The van der Waals surface area contributed by atoms with Crippen molar-refractivity contribution < 1.29 is 9.59 Å². The molecule has 1 aromatic heterocycles. The van der Waals surface area contributed by atoms with Crippen molar-refractivity contribution in [1.29, 1.82) is 0 Å². The molecule has 2 aliphatic rings. The first kappa shape index (κ1) is 21.3. The van der Waals surface area contributed by atoms with Gasteiger partial charge < -0.3 is 15.1 Å². The zero-order valence-corrected chi connectivity index (χ0v) is 18.9. The first-order chi connectivity index (χ1) is 14.8. The van der Waals surface area contributed by atoms with Crippen LogP contribution in [0.5, 0.6) is 0 Å². The number of aryl methyl sites for hydroxylation is 1. The number of aromatic nitrogens is 1. The van der Waals surface area contributed by atoms with Crippen LogP contribution in [0.25, 0.3) is 0 Å². The molecule has 0 spiro atoms. The number of nitrogens with zero attached hydrogens (tertiary/aromatic N) is 3. The van der Waals surface area contributed by atoms with Crippen LogP contribution < -0.4 is 10.2 Å². The molecule has 0 saturated carbocycles. The molecule has 6 heteroatoms. The van der Waals surface area contributed by atoms with E-state index >= 15 is 0 Å². The fourth-order valence-corrected chi connectivity index (χ4v) is 4.60. The Hall–Kier alpha value is -2.89. The van der Waals surface area contributed by atoms with Crippen LogP contribution in [-0.2, 0) is 4.79 Å². The van der Waals surface area contributed by atoms with Crippen molar-refractivity contribution in [2.75, 3.05) is 37.6 Å². The van der Waals surface area contributed by atoms with Crippen LogP contribution in [0.3, 0.4) is 0 Å². The molecule has 1 aromatic carbocycles. The van der Waals surface area contributed by atoms with E-state index < -0.39 is 0 Å². The van der Waals surface area contributed by atoms with Gasteiger partial charge in [-0.05, 0) is 47.6 Å². The fraction of sp³-hybridized carbons (Fsp3) is 0.480. The van der Waals surface area contributed by atoms with Crippen LogP contribution >= 0.6 is 0 Å². The van der Waals surface area contributed by atoms with Gasteiger partial charge in [0.15, 0.2) is 0 Å². The number of hydrogen-bond acceptors (Lipinski definition) is 4. The van der Waals surface area contributed by atoms with E-state index in [0.29, 0.717) is 31.1 Å². The molecule has 1 unspecified atom stereocenters. The van der Waals surface area contributed by atoms with Crippen molar-refractivity contribution in [2.24, 2.45) is 5.92 Å². The highest BCUT2D eigenvalue weighted by atomic mass is 16.2. The summed E-state index contributed by atoms with van der Waals surface area (Å²) < 4.78 is 0. The van der Waals surface area contributed by atoms with Crippen molar-refractivity contribution in [3.8, 4) is 0 Å². The van der Waals surface area contributed by atoms with Gasteiger partial charge in [-0.25, -0.2) is 4.98 Å². The molecule has 6 nitrogen and oxygen atoms in total. The summed E-state index contributed by atoms with van der Waals surface area (Å²) >= 11 is 0. The molecule has 3 heterocycles. The largest absolute Gasteiger partial charge is 0.355 e. The first-order valence-electron chi connectivity index (χ1n) is 11.2.